The van der Waals surface area contributed by atoms with Gasteiger partial charge in [-0.25, -0.2) is 0 Å². The van der Waals surface area contributed by atoms with Gasteiger partial charge >= 0.3 is 0 Å². The SMILES string of the molecule is CC(C)Sc1ccc(C(C)(N)CCO)cc1. The van der Waals surface area contributed by atoms with Gasteiger partial charge in [-0.3, -0.25) is 0 Å². The molecule has 0 amide bonds. The summed E-state index contributed by atoms with van der Waals surface area (Å²) < 4.78 is 0. The fraction of sp³-hybridized carbons (Fsp3) is 0.538. The van der Waals surface area contributed by atoms with Crippen molar-refractivity contribution in [2.45, 2.75) is 42.9 Å². The molecule has 0 aromatic heterocycles. The van der Waals surface area contributed by atoms with Crippen LogP contribution in [0.2, 0.25) is 0 Å². The minimum atomic E-state index is -0.435. The van der Waals surface area contributed by atoms with Crippen molar-refractivity contribution in [3.8, 4) is 0 Å². The van der Waals surface area contributed by atoms with Crippen LogP contribution in [0.15, 0.2) is 29.2 Å². The highest BCUT2D eigenvalue weighted by Gasteiger charge is 2.19. The molecule has 0 saturated carbocycles. The number of aliphatic hydroxyl groups excluding tert-OH is 1. The predicted octanol–water partition coefficient (Wildman–Crippen LogP) is 2.74. The Labute approximate surface area is 102 Å². The molecule has 1 aromatic rings. The van der Waals surface area contributed by atoms with E-state index in [1.54, 1.807) is 0 Å². The van der Waals surface area contributed by atoms with Gasteiger partial charge in [-0.2, -0.15) is 0 Å². The fourth-order valence-corrected chi connectivity index (χ4v) is 2.40. The van der Waals surface area contributed by atoms with Crippen LogP contribution in [-0.4, -0.2) is 17.0 Å². The van der Waals surface area contributed by atoms with Crippen LogP contribution in [0.4, 0.5) is 0 Å². The van der Waals surface area contributed by atoms with Crippen LogP contribution in [0.3, 0.4) is 0 Å². The van der Waals surface area contributed by atoms with E-state index >= 15 is 0 Å². The average molecular weight is 239 g/mol. The van der Waals surface area contributed by atoms with Crippen molar-refractivity contribution in [1.82, 2.24) is 0 Å². The van der Waals surface area contributed by atoms with E-state index in [1.807, 2.05) is 18.7 Å². The topological polar surface area (TPSA) is 46.2 Å². The maximum absolute atomic E-state index is 8.95. The van der Waals surface area contributed by atoms with E-state index in [2.05, 4.69) is 38.1 Å². The van der Waals surface area contributed by atoms with Gasteiger partial charge in [0, 0.05) is 22.3 Å². The van der Waals surface area contributed by atoms with E-state index in [0.29, 0.717) is 11.7 Å². The Morgan fingerprint density at radius 3 is 2.31 bits per heavy atom. The lowest BCUT2D eigenvalue weighted by atomic mass is 9.90. The molecule has 0 bridgehead atoms. The number of aliphatic hydroxyl groups is 1. The molecule has 3 heteroatoms. The largest absolute Gasteiger partial charge is 0.396 e. The van der Waals surface area contributed by atoms with Crippen LogP contribution in [-0.2, 0) is 5.54 Å². The van der Waals surface area contributed by atoms with E-state index < -0.39 is 5.54 Å². The molecule has 1 atom stereocenters. The summed E-state index contributed by atoms with van der Waals surface area (Å²) in [5, 5.41) is 9.54. The molecule has 0 aliphatic heterocycles. The first kappa shape index (κ1) is 13.6. The number of thioether (sulfide) groups is 1. The first-order valence-electron chi connectivity index (χ1n) is 5.62. The first-order chi connectivity index (χ1) is 7.45. The third-order valence-corrected chi connectivity index (χ3v) is 3.53. The lowest BCUT2D eigenvalue weighted by Gasteiger charge is -2.24. The molecule has 0 heterocycles. The summed E-state index contributed by atoms with van der Waals surface area (Å²) in [5.74, 6) is 0. The molecule has 16 heavy (non-hydrogen) atoms. The van der Waals surface area contributed by atoms with Gasteiger partial charge in [-0.05, 0) is 31.0 Å². The second-order valence-corrected chi connectivity index (χ2v) is 6.23. The molecule has 1 unspecified atom stereocenters. The van der Waals surface area contributed by atoms with E-state index in [1.165, 1.54) is 4.90 Å². The highest BCUT2D eigenvalue weighted by atomic mass is 32.2. The second kappa shape index (κ2) is 5.71. The summed E-state index contributed by atoms with van der Waals surface area (Å²) in [6.45, 7) is 6.43. The van der Waals surface area contributed by atoms with E-state index in [4.69, 9.17) is 10.8 Å². The standard InChI is InChI=1S/C13H21NOS/c1-10(2)16-12-6-4-11(5-7-12)13(3,14)8-9-15/h4-7,10,15H,8-9,14H2,1-3H3. The molecule has 2 nitrogen and oxygen atoms in total. The van der Waals surface area contributed by atoms with Gasteiger partial charge in [-0.1, -0.05) is 26.0 Å². The Bertz CT molecular complexity index is 319. The monoisotopic (exact) mass is 239 g/mol. The highest BCUT2D eigenvalue weighted by Crippen LogP contribution is 2.27. The summed E-state index contributed by atoms with van der Waals surface area (Å²) in [5.41, 5.74) is 6.78. The molecular formula is C13H21NOS. The Kier molecular flexibility index (Phi) is 4.84. The molecule has 90 valence electrons. The Balaban J connectivity index is 2.78. The first-order valence-corrected chi connectivity index (χ1v) is 6.50. The summed E-state index contributed by atoms with van der Waals surface area (Å²) in [4.78, 5) is 1.26. The fourth-order valence-electron chi connectivity index (χ4n) is 1.56. The summed E-state index contributed by atoms with van der Waals surface area (Å²) in [6, 6.07) is 8.31. The van der Waals surface area contributed by atoms with Gasteiger partial charge in [-0.15, -0.1) is 11.8 Å². The van der Waals surface area contributed by atoms with Crippen LogP contribution in [0.25, 0.3) is 0 Å². The van der Waals surface area contributed by atoms with E-state index in [-0.39, 0.29) is 6.61 Å². The molecule has 1 rings (SSSR count). The van der Waals surface area contributed by atoms with Gasteiger partial charge < -0.3 is 10.8 Å². The Hall–Kier alpha value is -0.510. The average Bonchev–Trinajstić information content (AvgIpc) is 2.17. The van der Waals surface area contributed by atoms with E-state index in [0.717, 1.165) is 5.56 Å². The van der Waals surface area contributed by atoms with Crippen LogP contribution in [0.5, 0.6) is 0 Å². The summed E-state index contributed by atoms with van der Waals surface area (Å²) >= 11 is 1.84. The van der Waals surface area contributed by atoms with E-state index in [9.17, 15) is 0 Å². The molecular weight excluding hydrogens is 218 g/mol. The molecule has 3 N–H and O–H groups in total. The van der Waals surface area contributed by atoms with Crippen molar-refractivity contribution in [2.24, 2.45) is 5.73 Å². The normalized spacial score (nSPS) is 15.1. The van der Waals surface area contributed by atoms with Crippen molar-refractivity contribution in [3.63, 3.8) is 0 Å². The van der Waals surface area contributed by atoms with Crippen LogP contribution in [0, 0.1) is 0 Å². The van der Waals surface area contributed by atoms with Crippen molar-refractivity contribution >= 4 is 11.8 Å². The van der Waals surface area contributed by atoms with Crippen LogP contribution >= 0.6 is 11.8 Å². The van der Waals surface area contributed by atoms with Crippen LogP contribution < -0.4 is 5.73 Å². The zero-order valence-corrected chi connectivity index (χ0v) is 11.1. The van der Waals surface area contributed by atoms with Crippen molar-refractivity contribution in [3.05, 3.63) is 29.8 Å². The molecule has 0 saturated heterocycles. The Morgan fingerprint density at radius 2 is 1.88 bits per heavy atom. The highest BCUT2D eigenvalue weighted by molar-refractivity contribution is 7.99. The number of hydrogen-bond donors (Lipinski definition) is 2. The quantitative estimate of drug-likeness (QED) is 0.777. The zero-order chi connectivity index (χ0) is 12.2. The lowest BCUT2D eigenvalue weighted by molar-refractivity contribution is 0.247. The molecule has 0 spiro atoms. The molecule has 0 aliphatic rings. The maximum atomic E-state index is 8.95. The van der Waals surface area contributed by atoms with Crippen molar-refractivity contribution in [1.29, 1.82) is 0 Å². The summed E-state index contributed by atoms with van der Waals surface area (Å²) in [7, 11) is 0. The number of rotatable bonds is 5. The van der Waals surface area contributed by atoms with Crippen LogP contribution in [0.1, 0.15) is 32.8 Å². The zero-order valence-electron chi connectivity index (χ0n) is 10.2. The predicted molar refractivity (Wildman–Crippen MR) is 70.7 cm³/mol. The van der Waals surface area contributed by atoms with Crippen molar-refractivity contribution in [2.75, 3.05) is 6.61 Å². The van der Waals surface area contributed by atoms with Gasteiger partial charge in [0.1, 0.15) is 0 Å². The molecule has 0 aliphatic carbocycles. The molecule has 1 aromatic carbocycles. The minimum absolute atomic E-state index is 0.121. The second-order valence-electron chi connectivity index (χ2n) is 4.58. The van der Waals surface area contributed by atoms with Gasteiger partial charge in [0.05, 0.1) is 0 Å². The smallest absolute Gasteiger partial charge is 0.0451 e. The minimum Gasteiger partial charge on any atom is -0.396 e. The Morgan fingerprint density at radius 1 is 1.31 bits per heavy atom. The number of hydrogen-bond acceptors (Lipinski definition) is 3. The van der Waals surface area contributed by atoms with Gasteiger partial charge in [0.25, 0.3) is 0 Å². The molecule has 0 fully saturated rings. The third kappa shape index (κ3) is 3.81. The van der Waals surface area contributed by atoms with Crippen molar-refractivity contribution < 1.29 is 5.11 Å². The van der Waals surface area contributed by atoms with Gasteiger partial charge in [0.15, 0.2) is 0 Å². The maximum Gasteiger partial charge on any atom is 0.0451 e. The van der Waals surface area contributed by atoms with Gasteiger partial charge in [0.2, 0.25) is 0 Å². The number of nitrogens with two attached hydrogens (primary N) is 1. The molecule has 0 radical (unpaired) electrons. The lowest BCUT2D eigenvalue weighted by Crippen LogP contribution is -2.33. The third-order valence-electron chi connectivity index (χ3n) is 2.52. The number of benzene rings is 1. The summed E-state index contributed by atoms with van der Waals surface area (Å²) in [6.07, 6.45) is 0.587.